The monoisotopic (exact) mass is 230 g/mol. The molecule has 0 aliphatic heterocycles. The number of aryl methyl sites for hydroxylation is 1. The van der Waals surface area contributed by atoms with Gasteiger partial charge in [0, 0.05) is 5.56 Å². The molecule has 1 heterocycles. The molecule has 3 nitrogen and oxygen atoms in total. The summed E-state index contributed by atoms with van der Waals surface area (Å²) in [7, 11) is 0. The topological polar surface area (TPSA) is 34.9 Å². The molecular formula is C13H11FN2O. The lowest BCUT2D eigenvalue weighted by Gasteiger charge is -2.04. The fourth-order valence-electron chi connectivity index (χ4n) is 2.34. The summed E-state index contributed by atoms with van der Waals surface area (Å²) in [6.07, 6.45) is 3.64. The van der Waals surface area contributed by atoms with Crippen LogP contribution < -0.4 is 0 Å². The van der Waals surface area contributed by atoms with Crippen molar-refractivity contribution in [1.82, 2.24) is 9.78 Å². The third-order valence-corrected chi connectivity index (χ3v) is 3.11. The molecule has 86 valence electrons. The van der Waals surface area contributed by atoms with Crippen molar-refractivity contribution in [1.29, 1.82) is 0 Å². The summed E-state index contributed by atoms with van der Waals surface area (Å²) in [5, 5.41) is 4.39. The minimum atomic E-state index is -0.324. The lowest BCUT2D eigenvalue weighted by Crippen LogP contribution is -2.03. The van der Waals surface area contributed by atoms with Crippen LogP contribution in [0.1, 0.15) is 28.2 Å². The van der Waals surface area contributed by atoms with E-state index in [9.17, 15) is 9.18 Å². The van der Waals surface area contributed by atoms with Crippen molar-refractivity contribution in [2.75, 3.05) is 0 Å². The van der Waals surface area contributed by atoms with Gasteiger partial charge in [0.1, 0.15) is 11.5 Å². The number of halogens is 1. The van der Waals surface area contributed by atoms with E-state index in [1.54, 1.807) is 16.8 Å². The number of fused-ring (bicyclic) bond motifs is 1. The van der Waals surface area contributed by atoms with E-state index >= 15 is 0 Å². The first-order chi connectivity index (χ1) is 8.29. The number of aromatic nitrogens is 2. The van der Waals surface area contributed by atoms with Crippen molar-refractivity contribution >= 4 is 6.29 Å². The number of rotatable bonds is 2. The van der Waals surface area contributed by atoms with Gasteiger partial charge >= 0.3 is 0 Å². The van der Waals surface area contributed by atoms with Crippen molar-refractivity contribution < 1.29 is 9.18 Å². The minimum Gasteiger partial charge on any atom is -0.296 e. The Morgan fingerprint density at radius 1 is 1.35 bits per heavy atom. The molecular weight excluding hydrogens is 219 g/mol. The van der Waals surface area contributed by atoms with Gasteiger partial charge in [0.25, 0.3) is 0 Å². The molecule has 3 rings (SSSR count). The Hall–Kier alpha value is -1.97. The molecule has 0 atom stereocenters. The summed E-state index contributed by atoms with van der Waals surface area (Å²) in [6, 6.07) is 6.13. The highest BCUT2D eigenvalue weighted by Crippen LogP contribution is 2.25. The zero-order valence-corrected chi connectivity index (χ0v) is 9.19. The second-order valence-corrected chi connectivity index (χ2v) is 4.17. The fourth-order valence-corrected chi connectivity index (χ4v) is 2.34. The van der Waals surface area contributed by atoms with Gasteiger partial charge in [-0.1, -0.05) is 6.07 Å². The van der Waals surface area contributed by atoms with Gasteiger partial charge < -0.3 is 0 Å². The number of carbonyl (C=O) groups is 1. The molecule has 1 aliphatic rings. The van der Waals surface area contributed by atoms with E-state index in [4.69, 9.17) is 0 Å². The predicted octanol–water partition coefficient (Wildman–Crippen LogP) is 2.31. The molecule has 0 fully saturated rings. The Morgan fingerprint density at radius 3 is 3.00 bits per heavy atom. The maximum atomic E-state index is 13.2. The molecule has 0 unspecified atom stereocenters. The summed E-state index contributed by atoms with van der Waals surface area (Å²) < 4.78 is 14.7. The van der Waals surface area contributed by atoms with Gasteiger partial charge in [0.05, 0.1) is 11.4 Å². The Labute approximate surface area is 97.9 Å². The lowest BCUT2D eigenvalue weighted by molar-refractivity contribution is 0.111. The average molecular weight is 230 g/mol. The number of carbonyl (C=O) groups excluding carboxylic acids is 1. The largest absolute Gasteiger partial charge is 0.296 e. The number of hydrogen-bond acceptors (Lipinski definition) is 2. The molecule has 0 bridgehead atoms. The van der Waals surface area contributed by atoms with Crippen LogP contribution in [0.4, 0.5) is 4.39 Å². The van der Waals surface area contributed by atoms with E-state index in [0.717, 1.165) is 36.8 Å². The van der Waals surface area contributed by atoms with E-state index in [-0.39, 0.29) is 5.82 Å². The molecule has 1 aliphatic carbocycles. The molecule has 1 aromatic carbocycles. The first-order valence-electron chi connectivity index (χ1n) is 5.61. The second-order valence-electron chi connectivity index (χ2n) is 4.17. The molecule has 4 heteroatoms. The molecule has 17 heavy (non-hydrogen) atoms. The van der Waals surface area contributed by atoms with Crippen LogP contribution in [0.2, 0.25) is 0 Å². The summed E-state index contributed by atoms with van der Waals surface area (Å²) in [6.45, 7) is 0. The number of aldehydes is 1. The Bertz CT molecular complexity index is 589. The summed E-state index contributed by atoms with van der Waals surface area (Å²) >= 11 is 0. The van der Waals surface area contributed by atoms with E-state index in [1.807, 2.05) is 0 Å². The first-order valence-corrected chi connectivity index (χ1v) is 5.61. The predicted molar refractivity (Wildman–Crippen MR) is 60.9 cm³/mol. The van der Waals surface area contributed by atoms with Crippen molar-refractivity contribution in [3.63, 3.8) is 0 Å². The zero-order valence-electron chi connectivity index (χ0n) is 9.19. The van der Waals surface area contributed by atoms with E-state index < -0.39 is 0 Å². The smallest absolute Gasteiger partial charge is 0.168 e. The van der Waals surface area contributed by atoms with Crippen LogP contribution in [0.25, 0.3) is 5.69 Å². The van der Waals surface area contributed by atoms with Gasteiger partial charge in [-0.3, -0.25) is 4.79 Å². The van der Waals surface area contributed by atoms with Gasteiger partial charge in [0.2, 0.25) is 0 Å². The van der Waals surface area contributed by atoms with Crippen LogP contribution in [0, 0.1) is 5.82 Å². The maximum Gasteiger partial charge on any atom is 0.168 e. The van der Waals surface area contributed by atoms with Gasteiger partial charge in [-0.25, -0.2) is 9.07 Å². The lowest BCUT2D eigenvalue weighted by atomic mass is 10.2. The van der Waals surface area contributed by atoms with Crippen LogP contribution in [0.5, 0.6) is 0 Å². The first kappa shape index (κ1) is 10.2. The molecule has 0 saturated carbocycles. The van der Waals surface area contributed by atoms with Crippen LogP contribution in [-0.4, -0.2) is 16.1 Å². The molecule has 0 radical (unpaired) electrons. The maximum absolute atomic E-state index is 13.2. The quantitative estimate of drug-likeness (QED) is 0.742. The SMILES string of the molecule is O=Cc1c2c(nn1-c1cccc(F)c1)CCC2. The van der Waals surface area contributed by atoms with Crippen LogP contribution in [0.3, 0.4) is 0 Å². The van der Waals surface area contributed by atoms with Gasteiger partial charge in [0.15, 0.2) is 6.29 Å². The van der Waals surface area contributed by atoms with Crippen molar-refractivity contribution in [2.24, 2.45) is 0 Å². The molecule has 2 aromatic rings. The number of hydrogen-bond donors (Lipinski definition) is 0. The summed E-state index contributed by atoms with van der Waals surface area (Å²) in [5.41, 5.74) is 3.14. The number of nitrogens with zero attached hydrogens (tertiary/aromatic N) is 2. The number of benzene rings is 1. The molecule has 0 saturated heterocycles. The molecule has 0 N–H and O–H groups in total. The third-order valence-electron chi connectivity index (χ3n) is 3.11. The zero-order chi connectivity index (χ0) is 11.8. The fraction of sp³-hybridized carbons (Fsp3) is 0.231. The van der Waals surface area contributed by atoms with Crippen molar-refractivity contribution in [3.8, 4) is 5.69 Å². The van der Waals surface area contributed by atoms with Crippen LogP contribution in [-0.2, 0) is 12.8 Å². The van der Waals surface area contributed by atoms with Crippen LogP contribution >= 0.6 is 0 Å². The Balaban J connectivity index is 2.18. The highest BCUT2D eigenvalue weighted by molar-refractivity contribution is 5.77. The standard InChI is InChI=1S/C13H11FN2O/c14-9-3-1-4-10(7-9)16-13(8-17)11-5-2-6-12(11)15-16/h1,3-4,7-8H,2,5-6H2. The average Bonchev–Trinajstić information content (AvgIpc) is 2.88. The Kier molecular flexibility index (Phi) is 2.28. The van der Waals surface area contributed by atoms with Crippen molar-refractivity contribution in [3.05, 3.63) is 47.0 Å². The Morgan fingerprint density at radius 2 is 2.24 bits per heavy atom. The molecule has 0 amide bonds. The third kappa shape index (κ3) is 1.56. The minimum absolute atomic E-state index is 0.324. The van der Waals surface area contributed by atoms with E-state index in [2.05, 4.69) is 5.10 Å². The van der Waals surface area contributed by atoms with Crippen molar-refractivity contribution in [2.45, 2.75) is 19.3 Å². The van der Waals surface area contributed by atoms with Gasteiger partial charge in [-0.05, 0) is 37.5 Å². The van der Waals surface area contributed by atoms with Gasteiger partial charge in [-0.2, -0.15) is 5.10 Å². The summed E-state index contributed by atoms with van der Waals surface area (Å²) in [5.74, 6) is -0.324. The molecule has 1 aromatic heterocycles. The van der Waals surface area contributed by atoms with E-state index in [1.165, 1.54) is 12.1 Å². The normalized spacial score (nSPS) is 13.7. The van der Waals surface area contributed by atoms with Crippen LogP contribution in [0.15, 0.2) is 24.3 Å². The highest BCUT2D eigenvalue weighted by Gasteiger charge is 2.22. The van der Waals surface area contributed by atoms with E-state index in [0.29, 0.717) is 11.4 Å². The second kappa shape index (κ2) is 3.80. The summed E-state index contributed by atoms with van der Waals surface area (Å²) in [4.78, 5) is 11.2. The van der Waals surface area contributed by atoms with Gasteiger partial charge in [-0.15, -0.1) is 0 Å². The molecule has 0 spiro atoms. The highest BCUT2D eigenvalue weighted by atomic mass is 19.1.